The molecule has 0 spiro atoms. The summed E-state index contributed by atoms with van der Waals surface area (Å²) in [4.78, 5) is 0. The molecule has 1 nitrogen and oxygen atoms in total. The Morgan fingerprint density at radius 2 is 1.75 bits per heavy atom. The second-order valence-corrected chi connectivity index (χ2v) is 6.03. The Bertz CT molecular complexity index is 608. The van der Waals surface area contributed by atoms with Gasteiger partial charge in [-0.3, -0.25) is 0 Å². The second-order valence-electron chi connectivity index (χ2n) is 5.21. The lowest BCUT2D eigenvalue weighted by molar-refractivity contribution is 0.572. The Morgan fingerprint density at radius 1 is 1.00 bits per heavy atom. The van der Waals surface area contributed by atoms with Crippen molar-refractivity contribution in [1.82, 2.24) is 5.32 Å². The molecule has 0 heterocycles. The predicted octanol–water partition coefficient (Wildman–Crippen LogP) is 5.46. The van der Waals surface area contributed by atoms with Gasteiger partial charge in [-0.2, -0.15) is 0 Å². The molecule has 0 aliphatic heterocycles. The molecule has 0 aliphatic rings. The van der Waals surface area contributed by atoms with Crippen molar-refractivity contribution in [2.45, 2.75) is 33.4 Å². The standard InChI is InChI=1S/C17H19Cl2N/c1-11-4-5-12(2)15(8-11)13(3)20-10-14-6-7-16(18)17(19)9-14/h4-9,13,20H,10H2,1-3H3. The molecule has 20 heavy (non-hydrogen) atoms. The lowest BCUT2D eigenvalue weighted by atomic mass is 10.00. The molecule has 0 saturated carbocycles. The molecular weight excluding hydrogens is 289 g/mol. The van der Waals surface area contributed by atoms with Gasteiger partial charge in [-0.15, -0.1) is 0 Å². The molecule has 0 bridgehead atoms. The average molecular weight is 308 g/mol. The molecule has 1 unspecified atom stereocenters. The Morgan fingerprint density at radius 3 is 2.45 bits per heavy atom. The van der Waals surface area contributed by atoms with Gasteiger partial charge < -0.3 is 5.32 Å². The third-order valence-corrected chi connectivity index (χ3v) is 4.24. The van der Waals surface area contributed by atoms with E-state index in [4.69, 9.17) is 23.2 Å². The molecule has 0 aromatic heterocycles. The van der Waals surface area contributed by atoms with Crippen molar-refractivity contribution in [2.75, 3.05) is 0 Å². The first-order valence-electron chi connectivity index (χ1n) is 6.72. The SMILES string of the molecule is Cc1ccc(C)c(C(C)NCc2ccc(Cl)c(Cl)c2)c1. The first kappa shape index (κ1) is 15.4. The zero-order valence-corrected chi connectivity index (χ0v) is 13.5. The van der Waals surface area contributed by atoms with Crippen LogP contribution in [0.25, 0.3) is 0 Å². The van der Waals surface area contributed by atoms with E-state index in [0.717, 1.165) is 12.1 Å². The zero-order chi connectivity index (χ0) is 14.7. The summed E-state index contributed by atoms with van der Waals surface area (Å²) >= 11 is 12.0. The summed E-state index contributed by atoms with van der Waals surface area (Å²) in [7, 11) is 0. The van der Waals surface area contributed by atoms with Gasteiger partial charge in [0.05, 0.1) is 10.0 Å². The van der Waals surface area contributed by atoms with E-state index < -0.39 is 0 Å². The lowest BCUT2D eigenvalue weighted by Crippen LogP contribution is -2.19. The van der Waals surface area contributed by atoms with Gasteiger partial charge in [0.1, 0.15) is 0 Å². The van der Waals surface area contributed by atoms with E-state index in [1.165, 1.54) is 16.7 Å². The third-order valence-electron chi connectivity index (χ3n) is 3.50. The van der Waals surface area contributed by atoms with E-state index in [2.05, 4.69) is 44.3 Å². The minimum Gasteiger partial charge on any atom is -0.306 e. The Kier molecular flexibility index (Phi) is 5.09. The highest BCUT2D eigenvalue weighted by atomic mass is 35.5. The van der Waals surface area contributed by atoms with Crippen molar-refractivity contribution < 1.29 is 0 Å². The van der Waals surface area contributed by atoms with Crippen LogP contribution < -0.4 is 5.32 Å². The van der Waals surface area contributed by atoms with E-state index in [9.17, 15) is 0 Å². The largest absolute Gasteiger partial charge is 0.306 e. The molecule has 1 N–H and O–H groups in total. The Balaban J connectivity index is 2.06. The maximum absolute atomic E-state index is 6.03. The van der Waals surface area contributed by atoms with Crippen LogP contribution in [0.1, 0.15) is 35.2 Å². The van der Waals surface area contributed by atoms with E-state index in [0.29, 0.717) is 16.1 Å². The highest BCUT2D eigenvalue weighted by Gasteiger charge is 2.08. The van der Waals surface area contributed by atoms with E-state index in [1.807, 2.05) is 18.2 Å². The van der Waals surface area contributed by atoms with Crippen LogP contribution in [0.15, 0.2) is 36.4 Å². The number of hydrogen-bond donors (Lipinski definition) is 1. The zero-order valence-electron chi connectivity index (χ0n) is 12.0. The van der Waals surface area contributed by atoms with Crippen LogP contribution >= 0.6 is 23.2 Å². The summed E-state index contributed by atoms with van der Waals surface area (Å²) in [6.45, 7) is 7.21. The number of halogens is 2. The monoisotopic (exact) mass is 307 g/mol. The van der Waals surface area contributed by atoms with Crippen molar-refractivity contribution in [3.05, 3.63) is 68.7 Å². The molecule has 0 aliphatic carbocycles. The first-order chi connectivity index (χ1) is 9.47. The average Bonchev–Trinajstić information content (AvgIpc) is 2.42. The smallest absolute Gasteiger partial charge is 0.0595 e. The van der Waals surface area contributed by atoms with Gasteiger partial charge in [-0.05, 0) is 49.6 Å². The van der Waals surface area contributed by atoms with Gasteiger partial charge in [0.2, 0.25) is 0 Å². The summed E-state index contributed by atoms with van der Waals surface area (Å²) in [5, 5.41) is 4.73. The predicted molar refractivity (Wildman–Crippen MR) is 87.6 cm³/mol. The van der Waals surface area contributed by atoms with Crippen LogP contribution in [0.4, 0.5) is 0 Å². The number of hydrogen-bond acceptors (Lipinski definition) is 1. The van der Waals surface area contributed by atoms with Gasteiger partial charge in [0.25, 0.3) is 0 Å². The summed E-state index contributed by atoms with van der Waals surface area (Å²) in [6, 6.07) is 12.6. The molecule has 1 atom stereocenters. The maximum Gasteiger partial charge on any atom is 0.0595 e. The van der Waals surface area contributed by atoms with Crippen LogP contribution in [0.5, 0.6) is 0 Å². The molecule has 106 valence electrons. The van der Waals surface area contributed by atoms with Crippen LogP contribution in [-0.4, -0.2) is 0 Å². The van der Waals surface area contributed by atoms with Crippen LogP contribution in [0.2, 0.25) is 10.0 Å². The van der Waals surface area contributed by atoms with Crippen molar-refractivity contribution in [3.8, 4) is 0 Å². The number of benzene rings is 2. The number of rotatable bonds is 4. The minimum absolute atomic E-state index is 0.296. The summed E-state index contributed by atoms with van der Waals surface area (Å²) in [5.74, 6) is 0. The lowest BCUT2D eigenvalue weighted by Gasteiger charge is -2.17. The number of nitrogens with one attached hydrogen (secondary N) is 1. The maximum atomic E-state index is 6.03. The Hall–Kier alpha value is -1.02. The minimum atomic E-state index is 0.296. The molecular formula is C17H19Cl2N. The van der Waals surface area contributed by atoms with Gasteiger partial charge in [0.15, 0.2) is 0 Å². The first-order valence-corrected chi connectivity index (χ1v) is 7.47. The van der Waals surface area contributed by atoms with Gasteiger partial charge in [-0.1, -0.05) is 53.0 Å². The summed E-state index contributed by atoms with van der Waals surface area (Å²) in [6.07, 6.45) is 0. The second kappa shape index (κ2) is 6.62. The summed E-state index contributed by atoms with van der Waals surface area (Å²) < 4.78 is 0. The number of aryl methyl sites for hydroxylation is 2. The van der Waals surface area contributed by atoms with E-state index >= 15 is 0 Å². The molecule has 2 aromatic carbocycles. The van der Waals surface area contributed by atoms with Crippen molar-refractivity contribution in [2.24, 2.45) is 0 Å². The van der Waals surface area contributed by atoms with E-state index in [1.54, 1.807) is 0 Å². The van der Waals surface area contributed by atoms with Crippen molar-refractivity contribution in [1.29, 1.82) is 0 Å². The van der Waals surface area contributed by atoms with Gasteiger partial charge in [0, 0.05) is 12.6 Å². The fraction of sp³-hybridized carbons (Fsp3) is 0.294. The molecule has 0 amide bonds. The van der Waals surface area contributed by atoms with Crippen molar-refractivity contribution >= 4 is 23.2 Å². The van der Waals surface area contributed by atoms with Crippen molar-refractivity contribution in [3.63, 3.8) is 0 Å². The molecule has 2 rings (SSSR count). The Labute approximate surface area is 130 Å². The fourth-order valence-corrected chi connectivity index (χ4v) is 2.58. The molecule has 0 radical (unpaired) electrons. The fourth-order valence-electron chi connectivity index (χ4n) is 2.26. The quantitative estimate of drug-likeness (QED) is 0.790. The molecule has 2 aromatic rings. The molecule has 0 saturated heterocycles. The topological polar surface area (TPSA) is 12.0 Å². The molecule has 0 fully saturated rings. The normalized spacial score (nSPS) is 12.4. The summed E-state index contributed by atoms with van der Waals surface area (Å²) in [5.41, 5.74) is 5.07. The molecule has 3 heteroatoms. The van der Waals surface area contributed by atoms with Crippen LogP contribution in [0.3, 0.4) is 0 Å². The van der Waals surface area contributed by atoms with E-state index in [-0.39, 0.29) is 0 Å². The van der Waals surface area contributed by atoms with Gasteiger partial charge >= 0.3 is 0 Å². The van der Waals surface area contributed by atoms with Gasteiger partial charge in [-0.25, -0.2) is 0 Å². The highest BCUT2D eigenvalue weighted by Crippen LogP contribution is 2.23. The van der Waals surface area contributed by atoms with Crippen LogP contribution in [0, 0.1) is 13.8 Å². The third kappa shape index (κ3) is 3.76. The highest BCUT2D eigenvalue weighted by molar-refractivity contribution is 6.42. The van der Waals surface area contributed by atoms with Crippen LogP contribution in [-0.2, 0) is 6.54 Å².